The molecule has 0 aliphatic carbocycles. The number of benzene rings is 2. The standard InChI is InChI=1S/C19H23N3O.C10H11BrN2/c1-16-2-6-18(7-3-16)21-10-12-22(13-11-21)19-8-4-17(5-9-19)14-20-15-23;1-3-9-7(2)13-5-4-8(11)6-10(13)12-9/h2-9,15H,10-14H2,1H3,(H,20,23);4-6H,3H2,1-2H3. The molecular formula is C29H34BrN5O. The molecule has 1 N–H and O–H groups in total. The number of pyridine rings is 1. The third kappa shape index (κ3) is 6.26. The molecule has 2 aromatic carbocycles. The van der Waals surface area contributed by atoms with Crippen molar-refractivity contribution in [2.45, 2.75) is 33.7 Å². The van der Waals surface area contributed by atoms with E-state index >= 15 is 0 Å². The normalized spacial score (nSPS) is 13.3. The van der Waals surface area contributed by atoms with E-state index in [0.717, 1.165) is 54.7 Å². The Hall–Kier alpha value is -3.32. The monoisotopic (exact) mass is 547 g/mol. The lowest BCUT2D eigenvalue weighted by Gasteiger charge is -2.37. The van der Waals surface area contributed by atoms with E-state index < -0.39 is 0 Å². The summed E-state index contributed by atoms with van der Waals surface area (Å²) in [6, 6.07) is 21.3. The van der Waals surface area contributed by atoms with Crippen molar-refractivity contribution in [3.63, 3.8) is 0 Å². The van der Waals surface area contributed by atoms with Gasteiger partial charge in [0, 0.05) is 60.5 Å². The molecule has 188 valence electrons. The number of piperazine rings is 1. The van der Waals surface area contributed by atoms with E-state index in [2.05, 4.69) is 110 Å². The maximum Gasteiger partial charge on any atom is 0.207 e. The summed E-state index contributed by atoms with van der Waals surface area (Å²) in [4.78, 5) is 19.7. The van der Waals surface area contributed by atoms with Crippen LogP contribution in [0, 0.1) is 13.8 Å². The first-order valence-corrected chi connectivity index (χ1v) is 13.2. The molecule has 1 saturated heterocycles. The van der Waals surface area contributed by atoms with Crippen LogP contribution in [0.4, 0.5) is 11.4 Å². The molecule has 5 rings (SSSR count). The van der Waals surface area contributed by atoms with Crippen LogP contribution in [0.25, 0.3) is 5.65 Å². The number of hydrogen-bond donors (Lipinski definition) is 1. The second-order valence-corrected chi connectivity index (χ2v) is 9.96. The van der Waals surface area contributed by atoms with Crippen LogP contribution in [0.1, 0.15) is 29.4 Å². The summed E-state index contributed by atoms with van der Waals surface area (Å²) in [5, 5.41) is 2.69. The van der Waals surface area contributed by atoms with Gasteiger partial charge in [-0.25, -0.2) is 4.98 Å². The minimum Gasteiger partial charge on any atom is -0.368 e. The molecular weight excluding hydrogens is 514 g/mol. The van der Waals surface area contributed by atoms with Gasteiger partial charge in [0.25, 0.3) is 0 Å². The van der Waals surface area contributed by atoms with Gasteiger partial charge in [-0.2, -0.15) is 0 Å². The van der Waals surface area contributed by atoms with Crippen LogP contribution in [0.15, 0.2) is 71.3 Å². The first-order valence-electron chi connectivity index (χ1n) is 12.4. The first kappa shape index (κ1) is 25.8. The number of aryl methyl sites for hydroxylation is 3. The first-order chi connectivity index (χ1) is 17.5. The average molecular weight is 549 g/mol. The summed E-state index contributed by atoms with van der Waals surface area (Å²) in [5.41, 5.74) is 8.43. The van der Waals surface area contributed by atoms with Crippen LogP contribution < -0.4 is 15.1 Å². The van der Waals surface area contributed by atoms with E-state index in [1.165, 1.54) is 28.3 Å². The summed E-state index contributed by atoms with van der Waals surface area (Å²) < 4.78 is 3.19. The number of anilines is 2. The Balaban J connectivity index is 0.000000197. The zero-order chi connectivity index (χ0) is 25.5. The van der Waals surface area contributed by atoms with Gasteiger partial charge in [-0.1, -0.05) is 52.7 Å². The topological polar surface area (TPSA) is 52.9 Å². The molecule has 3 heterocycles. The number of carbonyl (C=O) groups excluding carboxylic acids is 1. The molecule has 1 aliphatic rings. The van der Waals surface area contributed by atoms with Gasteiger partial charge in [-0.15, -0.1) is 0 Å². The maximum absolute atomic E-state index is 10.3. The summed E-state index contributed by atoms with van der Waals surface area (Å²) in [6.07, 6.45) is 3.77. The fourth-order valence-electron chi connectivity index (χ4n) is 4.49. The van der Waals surface area contributed by atoms with Crippen molar-refractivity contribution in [2.24, 2.45) is 0 Å². The Morgan fingerprint density at radius 1 is 0.917 bits per heavy atom. The van der Waals surface area contributed by atoms with Crippen molar-refractivity contribution in [1.29, 1.82) is 0 Å². The number of rotatable bonds is 6. The Labute approximate surface area is 222 Å². The van der Waals surface area contributed by atoms with Gasteiger partial charge < -0.3 is 19.5 Å². The minimum atomic E-state index is 0.588. The number of nitrogens with zero attached hydrogens (tertiary/aromatic N) is 4. The highest BCUT2D eigenvalue weighted by atomic mass is 79.9. The Bertz CT molecular complexity index is 1280. The second-order valence-electron chi connectivity index (χ2n) is 9.05. The number of hydrogen-bond acceptors (Lipinski definition) is 4. The van der Waals surface area contributed by atoms with Crippen molar-refractivity contribution in [2.75, 3.05) is 36.0 Å². The molecule has 1 aliphatic heterocycles. The Morgan fingerprint density at radius 2 is 1.50 bits per heavy atom. The number of halogens is 1. The predicted molar refractivity (Wildman–Crippen MR) is 152 cm³/mol. The molecule has 0 spiro atoms. The van der Waals surface area contributed by atoms with Gasteiger partial charge in [-0.3, -0.25) is 4.79 Å². The van der Waals surface area contributed by atoms with E-state index in [-0.39, 0.29) is 0 Å². The van der Waals surface area contributed by atoms with E-state index in [4.69, 9.17) is 0 Å². The minimum absolute atomic E-state index is 0.588. The predicted octanol–water partition coefficient (Wildman–Crippen LogP) is 5.54. The van der Waals surface area contributed by atoms with Crippen LogP contribution >= 0.6 is 15.9 Å². The average Bonchev–Trinajstić information content (AvgIpc) is 3.23. The number of carbonyl (C=O) groups is 1. The Morgan fingerprint density at radius 3 is 2.06 bits per heavy atom. The maximum atomic E-state index is 10.3. The van der Waals surface area contributed by atoms with Crippen molar-refractivity contribution in [3.8, 4) is 0 Å². The van der Waals surface area contributed by atoms with Gasteiger partial charge in [0.05, 0.1) is 5.69 Å². The molecule has 36 heavy (non-hydrogen) atoms. The van der Waals surface area contributed by atoms with Gasteiger partial charge in [0.2, 0.25) is 6.41 Å². The summed E-state index contributed by atoms with van der Waals surface area (Å²) >= 11 is 3.43. The second kappa shape index (κ2) is 12.1. The molecule has 0 saturated carbocycles. The fraction of sp³-hybridized carbons (Fsp3) is 0.310. The van der Waals surface area contributed by atoms with Crippen LogP contribution in [-0.2, 0) is 17.8 Å². The van der Waals surface area contributed by atoms with Gasteiger partial charge >= 0.3 is 0 Å². The molecule has 0 bridgehead atoms. The van der Waals surface area contributed by atoms with E-state index in [1.807, 2.05) is 18.3 Å². The third-order valence-electron chi connectivity index (χ3n) is 6.63. The number of amides is 1. The number of imidazole rings is 1. The number of nitrogens with one attached hydrogen (secondary N) is 1. The number of fused-ring (bicyclic) bond motifs is 1. The third-order valence-corrected chi connectivity index (χ3v) is 7.12. The zero-order valence-electron chi connectivity index (χ0n) is 21.2. The SMILES string of the molecule is CCc1nc2cc(Br)ccn2c1C.Cc1ccc(N2CCN(c3ccc(CNC=O)cc3)CC2)cc1. The van der Waals surface area contributed by atoms with Gasteiger partial charge in [-0.05, 0) is 62.2 Å². The molecule has 0 radical (unpaired) electrons. The highest BCUT2D eigenvalue weighted by Crippen LogP contribution is 2.21. The quantitative estimate of drug-likeness (QED) is 0.322. The highest BCUT2D eigenvalue weighted by Gasteiger charge is 2.17. The van der Waals surface area contributed by atoms with Crippen LogP contribution in [-0.4, -0.2) is 42.0 Å². The van der Waals surface area contributed by atoms with E-state index in [1.54, 1.807) is 0 Å². The van der Waals surface area contributed by atoms with Crippen molar-refractivity contribution < 1.29 is 4.79 Å². The zero-order valence-corrected chi connectivity index (χ0v) is 22.8. The lowest BCUT2D eigenvalue weighted by Crippen LogP contribution is -2.46. The summed E-state index contributed by atoms with van der Waals surface area (Å²) in [5.74, 6) is 0. The number of aromatic nitrogens is 2. The molecule has 0 atom stereocenters. The lowest BCUT2D eigenvalue weighted by atomic mass is 10.1. The van der Waals surface area contributed by atoms with Crippen LogP contribution in [0.2, 0.25) is 0 Å². The molecule has 1 amide bonds. The van der Waals surface area contributed by atoms with Crippen molar-refractivity contribution in [1.82, 2.24) is 14.7 Å². The summed E-state index contributed by atoms with van der Waals surface area (Å²) in [7, 11) is 0. The highest BCUT2D eigenvalue weighted by molar-refractivity contribution is 9.10. The van der Waals surface area contributed by atoms with Gasteiger partial charge in [0.15, 0.2) is 0 Å². The van der Waals surface area contributed by atoms with Crippen molar-refractivity contribution in [3.05, 3.63) is 93.8 Å². The molecule has 0 unspecified atom stereocenters. The Kier molecular flexibility index (Phi) is 8.65. The molecule has 6 nitrogen and oxygen atoms in total. The van der Waals surface area contributed by atoms with E-state index in [9.17, 15) is 4.79 Å². The van der Waals surface area contributed by atoms with Crippen molar-refractivity contribution >= 4 is 39.4 Å². The lowest BCUT2D eigenvalue weighted by molar-refractivity contribution is -0.109. The van der Waals surface area contributed by atoms with Gasteiger partial charge in [0.1, 0.15) is 5.65 Å². The summed E-state index contributed by atoms with van der Waals surface area (Å²) in [6.45, 7) is 11.1. The molecule has 4 aromatic rings. The fourth-order valence-corrected chi connectivity index (χ4v) is 4.81. The van der Waals surface area contributed by atoms with E-state index in [0.29, 0.717) is 6.54 Å². The molecule has 7 heteroatoms. The van der Waals surface area contributed by atoms with Crippen LogP contribution in [0.5, 0.6) is 0 Å². The molecule has 2 aromatic heterocycles. The molecule has 1 fully saturated rings. The largest absolute Gasteiger partial charge is 0.368 e. The smallest absolute Gasteiger partial charge is 0.207 e. The van der Waals surface area contributed by atoms with Crippen LogP contribution in [0.3, 0.4) is 0 Å².